The van der Waals surface area contributed by atoms with Gasteiger partial charge < -0.3 is 10.6 Å². The summed E-state index contributed by atoms with van der Waals surface area (Å²) in [4.78, 5) is 20.1. The van der Waals surface area contributed by atoms with Gasteiger partial charge in [0.05, 0.1) is 11.3 Å². The fraction of sp³-hybridized carbons (Fsp3) is 0.214. The van der Waals surface area contributed by atoms with Crippen LogP contribution >= 0.6 is 0 Å². The van der Waals surface area contributed by atoms with E-state index in [4.69, 9.17) is 0 Å². The number of carbonyl (C=O) groups excluding carboxylic acids is 1. The number of hydrogen-bond acceptors (Lipinski definition) is 4. The Morgan fingerprint density at radius 2 is 1.89 bits per heavy atom. The minimum atomic E-state index is -0.182. The summed E-state index contributed by atoms with van der Waals surface area (Å²) < 4.78 is 0. The van der Waals surface area contributed by atoms with Crippen LogP contribution in [0.2, 0.25) is 0 Å². The van der Waals surface area contributed by atoms with Crippen molar-refractivity contribution in [2.24, 2.45) is 0 Å². The fourth-order valence-electron chi connectivity index (χ4n) is 1.62. The van der Waals surface area contributed by atoms with Crippen molar-refractivity contribution in [3.8, 4) is 0 Å². The van der Waals surface area contributed by atoms with Crippen molar-refractivity contribution in [2.75, 3.05) is 17.2 Å². The number of nitrogens with zero attached hydrogens (tertiary/aromatic N) is 2. The van der Waals surface area contributed by atoms with Gasteiger partial charge in [-0.1, -0.05) is 6.92 Å². The molecule has 0 atom stereocenters. The van der Waals surface area contributed by atoms with Gasteiger partial charge in [-0.15, -0.1) is 0 Å². The molecule has 0 bridgehead atoms. The largest absolute Gasteiger partial charge is 0.384 e. The molecule has 0 saturated heterocycles. The van der Waals surface area contributed by atoms with Gasteiger partial charge in [-0.3, -0.25) is 14.8 Å². The normalized spacial score (nSPS) is 9.95. The maximum atomic E-state index is 12.2. The standard InChI is InChI=1S/C14H16N4O/c1-2-6-17-13-5-9-16-10-12(13)14(19)18-11-3-7-15-8-4-11/h3-5,7-10H,2,6H2,1H3,(H,16,17)(H,15,18,19). The maximum Gasteiger partial charge on any atom is 0.259 e. The lowest BCUT2D eigenvalue weighted by Gasteiger charge is -2.10. The monoisotopic (exact) mass is 256 g/mol. The first-order valence-corrected chi connectivity index (χ1v) is 6.20. The van der Waals surface area contributed by atoms with E-state index in [1.54, 1.807) is 43.0 Å². The van der Waals surface area contributed by atoms with Crippen LogP contribution in [-0.2, 0) is 0 Å². The van der Waals surface area contributed by atoms with Gasteiger partial charge >= 0.3 is 0 Å². The molecular formula is C14H16N4O. The molecule has 0 spiro atoms. The summed E-state index contributed by atoms with van der Waals surface area (Å²) in [6.07, 6.45) is 7.49. The highest BCUT2D eigenvalue weighted by molar-refractivity contribution is 6.07. The highest BCUT2D eigenvalue weighted by Gasteiger charge is 2.11. The van der Waals surface area contributed by atoms with E-state index in [-0.39, 0.29) is 5.91 Å². The van der Waals surface area contributed by atoms with Crippen molar-refractivity contribution in [1.29, 1.82) is 0 Å². The number of anilines is 2. The molecule has 5 nitrogen and oxygen atoms in total. The van der Waals surface area contributed by atoms with Crippen molar-refractivity contribution < 1.29 is 4.79 Å². The van der Waals surface area contributed by atoms with Crippen molar-refractivity contribution in [3.05, 3.63) is 48.5 Å². The average Bonchev–Trinajstić information content (AvgIpc) is 2.46. The van der Waals surface area contributed by atoms with Crippen molar-refractivity contribution >= 4 is 17.3 Å². The topological polar surface area (TPSA) is 66.9 Å². The molecule has 2 aromatic rings. The molecule has 0 aromatic carbocycles. The zero-order chi connectivity index (χ0) is 13.5. The van der Waals surface area contributed by atoms with E-state index in [2.05, 4.69) is 27.5 Å². The van der Waals surface area contributed by atoms with E-state index >= 15 is 0 Å². The highest BCUT2D eigenvalue weighted by atomic mass is 16.1. The average molecular weight is 256 g/mol. The van der Waals surface area contributed by atoms with Crippen LogP contribution in [0, 0.1) is 0 Å². The van der Waals surface area contributed by atoms with E-state index < -0.39 is 0 Å². The first-order valence-electron chi connectivity index (χ1n) is 6.20. The van der Waals surface area contributed by atoms with Gasteiger partial charge in [-0.2, -0.15) is 0 Å². The second kappa shape index (κ2) is 6.49. The number of carbonyl (C=O) groups is 1. The molecule has 19 heavy (non-hydrogen) atoms. The molecule has 0 radical (unpaired) electrons. The summed E-state index contributed by atoms with van der Waals surface area (Å²) in [6, 6.07) is 5.29. The zero-order valence-corrected chi connectivity index (χ0v) is 10.8. The van der Waals surface area contributed by atoms with Gasteiger partial charge in [0.1, 0.15) is 0 Å². The number of hydrogen-bond donors (Lipinski definition) is 2. The number of pyridine rings is 2. The SMILES string of the molecule is CCCNc1ccncc1C(=O)Nc1ccncc1. The summed E-state index contributed by atoms with van der Waals surface area (Å²) in [5.41, 5.74) is 2.04. The van der Waals surface area contributed by atoms with E-state index in [1.807, 2.05) is 0 Å². The zero-order valence-electron chi connectivity index (χ0n) is 10.8. The molecule has 0 aliphatic heterocycles. The fourth-order valence-corrected chi connectivity index (χ4v) is 1.62. The van der Waals surface area contributed by atoms with E-state index in [9.17, 15) is 4.79 Å². The lowest BCUT2D eigenvalue weighted by Crippen LogP contribution is -2.15. The molecule has 2 aromatic heterocycles. The molecule has 2 heterocycles. The Bertz CT molecular complexity index is 542. The van der Waals surface area contributed by atoms with Crippen molar-refractivity contribution in [2.45, 2.75) is 13.3 Å². The maximum absolute atomic E-state index is 12.2. The van der Waals surface area contributed by atoms with Crippen molar-refractivity contribution in [1.82, 2.24) is 9.97 Å². The van der Waals surface area contributed by atoms with Gasteiger partial charge in [0, 0.05) is 37.0 Å². The third-order valence-electron chi connectivity index (χ3n) is 2.57. The minimum Gasteiger partial charge on any atom is -0.384 e. The summed E-state index contributed by atoms with van der Waals surface area (Å²) in [5, 5.41) is 6.03. The molecule has 1 amide bonds. The van der Waals surface area contributed by atoms with Gasteiger partial charge in [-0.25, -0.2) is 0 Å². The molecule has 98 valence electrons. The van der Waals surface area contributed by atoms with Gasteiger partial charge in [0.15, 0.2) is 0 Å². The lowest BCUT2D eigenvalue weighted by atomic mass is 10.2. The number of amides is 1. The number of nitrogens with one attached hydrogen (secondary N) is 2. The van der Waals surface area contributed by atoms with Crippen LogP contribution in [0.15, 0.2) is 43.0 Å². The molecule has 2 N–H and O–H groups in total. The summed E-state index contributed by atoms with van der Waals surface area (Å²) in [5.74, 6) is -0.182. The molecule has 0 saturated carbocycles. The van der Waals surface area contributed by atoms with E-state index in [0.717, 1.165) is 18.7 Å². The molecule has 5 heteroatoms. The Hall–Kier alpha value is -2.43. The van der Waals surface area contributed by atoms with Crippen LogP contribution in [0.5, 0.6) is 0 Å². The van der Waals surface area contributed by atoms with Crippen LogP contribution < -0.4 is 10.6 Å². The quantitative estimate of drug-likeness (QED) is 0.862. The summed E-state index contributed by atoms with van der Waals surface area (Å²) in [6.45, 7) is 2.89. The number of rotatable bonds is 5. The summed E-state index contributed by atoms with van der Waals surface area (Å²) >= 11 is 0. The second-order valence-electron chi connectivity index (χ2n) is 4.04. The van der Waals surface area contributed by atoms with Crippen LogP contribution in [0.1, 0.15) is 23.7 Å². The highest BCUT2D eigenvalue weighted by Crippen LogP contribution is 2.15. The van der Waals surface area contributed by atoms with Crippen LogP contribution in [-0.4, -0.2) is 22.4 Å². The van der Waals surface area contributed by atoms with Crippen LogP contribution in [0.3, 0.4) is 0 Å². The molecule has 0 unspecified atom stereocenters. The smallest absolute Gasteiger partial charge is 0.259 e. The Morgan fingerprint density at radius 3 is 2.63 bits per heavy atom. The molecule has 2 rings (SSSR count). The van der Waals surface area contributed by atoms with Crippen LogP contribution in [0.25, 0.3) is 0 Å². The van der Waals surface area contributed by atoms with Gasteiger partial charge in [-0.05, 0) is 24.6 Å². The van der Waals surface area contributed by atoms with E-state index in [1.165, 1.54) is 0 Å². The Balaban J connectivity index is 2.14. The third kappa shape index (κ3) is 3.51. The van der Waals surface area contributed by atoms with Crippen LogP contribution in [0.4, 0.5) is 11.4 Å². The molecule has 0 fully saturated rings. The molecular weight excluding hydrogens is 240 g/mol. The molecule has 0 aliphatic rings. The molecule has 0 aliphatic carbocycles. The Labute approximate surface area is 112 Å². The Kier molecular flexibility index (Phi) is 4.44. The minimum absolute atomic E-state index is 0.182. The Morgan fingerprint density at radius 1 is 1.16 bits per heavy atom. The van der Waals surface area contributed by atoms with Gasteiger partial charge in [0.2, 0.25) is 0 Å². The summed E-state index contributed by atoms with van der Waals surface area (Å²) in [7, 11) is 0. The second-order valence-corrected chi connectivity index (χ2v) is 4.04. The number of aromatic nitrogens is 2. The van der Waals surface area contributed by atoms with Crippen molar-refractivity contribution in [3.63, 3.8) is 0 Å². The van der Waals surface area contributed by atoms with E-state index in [0.29, 0.717) is 11.3 Å². The van der Waals surface area contributed by atoms with Gasteiger partial charge in [0.25, 0.3) is 5.91 Å². The third-order valence-corrected chi connectivity index (χ3v) is 2.57. The lowest BCUT2D eigenvalue weighted by molar-refractivity contribution is 0.102. The first kappa shape index (κ1) is 13.0. The predicted octanol–water partition coefficient (Wildman–Crippen LogP) is 2.55. The first-order chi connectivity index (χ1) is 9.31. The predicted molar refractivity (Wildman–Crippen MR) is 75.2 cm³/mol.